The van der Waals surface area contributed by atoms with Gasteiger partial charge in [0.05, 0.1) is 0 Å². The molecule has 0 bridgehead atoms. The van der Waals surface area contributed by atoms with E-state index in [-0.39, 0.29) is 18.0 Å². The zero-order chi connectivity index (χ0) is 22.7. The van der Waals surface area contributed by atoms with Gasteiger partial charge >= 0.3 is 0 Å². The molecule has 6 nitrogen and oxygen atoms in total. The quantitative estimate of drug-likeness (QED) is 0.484. The Morgan fingerprint density at radius 2 is 1.84 bits per heavy atom. The summed E-state index contributed by atoms with van der Waals surface area (Å²) in [6, 6.07) is 15.4. The van der Waals surface area contributed by atoms with Gasteiger partial charge in [-0.15, -0.1) is 0 Å². The van der Waals surface area contributed by atoms with Crippen LogP contribution in [0.3, 0.4) is 0 Å². The average molecular weight is 427 g/mol. The number of rotatable bonds is 5. The van der Waals surface area contributed by atoms with Gasteiger partial charge in [0.25, 0.3) is 5.91 Å². The van der Waals surface area contributed by atoms with Crippen LogP contribution in [0, 0.1) is 25.2 Å². The second-order valence-corrected chi connectivity index (χ2v) is 8.24. The molecule has 0 spiro atoms. The summed E-state index contributed by atoms with van der Waals surface area (Å²) in [6.45, 7) is 5.84. The highest BCUT2D eigenvalue weighted by molar-refractivity contribution is 6.10. The molecule has 0 radical (unpaired) electrons. The summed E-state index contributed by atoms with van der Waals surface area (Å²) < 4.78 is 1.90. The Morgan fingerprint density at radius 1 is 1.09 bits per heavy atom. The maximum absolute atomic E-state index is 12.8. The van der Waals surface area contributed by atoms with Crippen molar-refractivity contribution in [1.29, 1.82) is 5.26 Å². The van der Waals surface area contributed by atoms with E-state index in [2.05, 4.69) is 5.32 Å². The predicted octanol–water partition coefficient (Wildman–Crippen LogP) is 4.43. The van der Waals surface area contributed by atoms with Crippen LogP contribution >= 0.6 is 0 Å². The molecule has 1 aliphatic rings. The number of hydrogen-bond acceptors (Lipinski definition) is 3. The Bertz CT molecular complexity index is 1260. The van der Waals surface area contributed by atoms with Crippen molar-refractivity contribution in [2.75, 3.05) is 18.4 Å². The summed E-state index contributed by atoms with van der Waals surface area (Å²) in [5.41, 5.74) is 4.50. The zero-order valence-corrected chi connectivity index (χ0v) is 18.4. The molecule has 1 N–H and O–H groups in total. The lowest BCUT2D eigenvalue weighted by Crippen LogP contribution is -2.30. The lowest BCUT2D eigenvalue weighted by molar-refractivity contribution is -0.130. The monoisotopic (exact) mass is 426 g/mol. The normalized spacial score (nSPS) is 13.9. The second-order valence-electron chi connectivity index (χ2n) is 8.24. The number of carbonyl (C=O) groups excluding carboxylic acids is 2. The van der Waals surface area contributed by atoms with E-state index in [4.69, 9.17) is 0 Å². The van der Waals surface area contributed by atoms with E-state index in [9.17, 15) is 14.9 Å². The number of aromatic nitrogens is 1. The Balaban J connectivity index is 1.62. The van der Waals surface area contributed by atoms with Crippen molar-refractivity contribution in [3.8, 4) is 6.07 Å². The number of anilines is 1. The molecule has 162 valence electrons. The second kappa shape index (κ2) is 9.11. The lowest BCUT2D eigenvalue weighted by Gasteiger charge is -2.15. The topological polar surface area (TPSA) is 78.1 Å². The van der Waals surface area contributed by atoms with Gasteiger partial charge < -0.3 is 14.8 Å². The highest BCUT2D eigenvalue weighted by Gasteiger charge is 2.19. The Morgan fingerprint density at radius 3 is 2.56 bits per heavy atom. The summed E-state index contributed by atoms with van der Waals surface area (Å²) in [4.78, 5) is 27.3. The largest absolute Gasteiger partial charge is 0.341 e. The summed E-state index contributed by atoms with van der Waals surface area (Å²) in [6.07, 6.45) is 5.54. The van der Waals surface area contributed by atoms with Crippen molar-refractivity contribution < 1.29 is 9.59 Å². The molecule has 1 saturated heterocycles. The minimum Gasteiger partial charge on any atom is -0.341 e. The van der Waals surface area contributed by atoms with Gasteiger partial charge in [-0.2, -0.15) is 5.26 Å². The van der Waals surface area contributed by atoms with Crippen molar-refractivity contribution in [2.24, 2.45) is 0 Å². The molecule has 0 saturated carbocycles. The number of benzene rings is 2. The summed E-state index contributed by atoms with van der Waals surface area (Å²) >= 11 is 0. The van der Waals surface area contributed by atoms with Crippen LogP contribution in [-0.2, 0) is 16.1 Å². The minimum atomic E-state index is -0.458. The third-order valence-electron chi connectivity index (χ3n) is 6.01. The number of nitrogens with zero attached hydrogens (tertiary/aromatic N) is 3. The highest BCUT2D eigenvalue weighted by atomic mass is 16.2. The fraction of sp³-hybridized carbons (Fsp3) is 0.269. The molecule has 6 heteroatoms. The number of hydrogen-bond donors (Lipinski definition) is 1. The van der Waals surface area contributed by atoms with E-state index in [0.29, 0.717) is 5.69 Å². The number of likely N-dealkylation sites (tertiary alicyclic amines) is 1. The molecule has 0 aliphatic carbocycles. The standard InChI is InChI=1S/C26H26N4O2/c1-18-9-10-22(13-19(18)2)28-26(32)20(15-27)14-21-16-30(24-8-4-3-7-23(21)24)17-25(31)29-11-5-6-12-29/h3-4,7-10,13-14,16H,5-6,11-12,17H2,1-2H3,(H,28,32)/b20-14+. The van der Waals surface area contributed by atoms with E-state index in [1.165, 1.54) is 0 Å². The van der Waals surface area contributed by atoms with E-state index in [0.717, 1.165) is 53.5 Å². The maximum atomic E-state index is 12.8. The van der Waals surface area contributed by atoms with Gasteiger partial charge in [-0.05, 0) is 62.1 Å². The van der Waals surface area contributed by atoms with E-state index >= 15 is 0 Å². The number of nitrogens with one attached hydrogen (secondary N) is 1. The Kier molecular flexibility index (Phi) is 6.09. The van der Waals surface area contributed by atoms with Crippen LogP contribution in [0.2, 0.25) is 0 Å². The fourth-order valence-electron chi connectivity index (χ4n) is 4.05. The van der Waals surface area contributed by atoms with Gasteiger partial charge in [0.2, 0.25) is 5.91 Å². The number of aryl methyl sites for hydroxylation is 2. The molecule has 2 heterocycles. The zero-order valence-electron chi connectivity index (χ0n) is 18.4. The molecule has 4 rings (SSSR count). The van der Waals surface area contributed by atoms with Crippen LogP contribution in [0.1, 0.15) is 29.5 Å². The minimum absolute atomic E-state index is 0.0111. The van der Waals surface area contributed by atoms with Crippen LogP contribution in [-0.4, -0.2) is 34.4 Å². The number of nitriles is 1. The lowest BCUT2D eigenvalue weighted by atomic mass is 10.1. The molecule has 2 aromatic carbocycles. The van der Waals surface area contributed by atoms with Crippen LogP contribution in [0.25, 0.3) is 17.0 Å². The molecular formula is C26H26N4O2. The smallest absolute Gasteiger partial charge is 0.266 e. The van der Waals surface area contributed by atoms with E-state index < -0.39 is 5.91 Å². The average Bonchev–Trinajstić information content (AvgIpc) is 3.44. The predicted molar refractivity (Wildman–Crippen MR) is 126 cm³/mol. The van der Waals surface area contributed by atoms with Crippen LogP contribution in [0.15, 0.2) is 54.2 Å². The van der Waals surface area contributed by atoms with Crippen LogP contribution < -0.4 is 5.32 Å². The molecule has 32 heavy (non-hydrogen) atoms. The summed E-state index contributed by atoms with van der Waals surface area (Å²) in [5.74, 6) is -0.368. The number of para-hydroxylation sites is 1. The molecule has 1 fully saturated rings. The van der Waals surface area contributed by atoms with Crippen molar-refractivity contribution in [1.82, 2.24) is 9.47 Å². The first-order valence-corrected chi connectivity index (χ1v) is 10.8. The van der Waals surface area contributed by atoms with Crippen LogP contribution in [0.4, 0.5) is 5.69 Å². The first-order valence-electron chi connectivity index (χ1n) is 10.8. The molecule has 0 unspecified atom stereocenters. The maximum Gasteiger partial charge on any atom is 0.266 e. The third kappa shape index (κ3) is 4.42. The first kappa shape index (κ1) is 21.4. The highest BCUT2D eigenvalue weighted by Crippen LogP contribution is 2.25. The molecule has 1 aromatic heterocycles. The Labute approximate surface area is 187 Å². The van der Waals surface area contributed by atoms with Crippen molar-refractivity contribution in [3.63, 3.8) is 0 Å². The van der Waals surface area contributed by atoms with Crippen molar-refractivity contribution in [3.05, 3.63) is 70.9 Å². The number of fused-ring (bicyclic) bond motifs is 1. The van der Waals surface area contributed by atoms with E-state index in [1.807, 2.05) is 78.0 Å². The SMILES string of the molecule is Cc1ccc(NC(=O)/C(C#N)=C/c2cn(CC(=O)N3CCCC3)c3ccccc23)cc1C. The van der Waals surface area contributed by atoms with Gasteiger partial charge in [0.15, 0.2) is 0 Å². The fourth-order valence-corrected chi connectivity index (χ4v) is 4.05. The number of carbonyl (C=O) groups is 2. The molecule has 3 aromatic rings. The van der Waals surface area contributed by atoms with Crippen molar-refractivity contribution >= 4 is 34.5 Å². The van der Waals surface area contributed by atoms with Crippen molar-refractivity contribution in [2.45, 2.75) is 33.2 Å². The van der Waals surface area contributed by atoms with E-state index in [1.54, 1.807) is 6.08 Å². The van der Waals surface area contributed by atoms with Crippen LogP contribution in [0.5, 0.6) is 0 Å². The molecular weight excluding hydrogens is 400 g/mol. The molecule has 0 atom stereocenters. The van der Waals surface area contributed by atoms with Gasteiger partial charge in [0.1, 0.15) is 18.2 Å². The number of amides is 2. The molecule has 1 aliphatic heterocycles. The summed E-state index contributed by atoms with van der Waals surface area (Å²) in [7, 11) is 0. The Hall–Kier alpha value is -3.85. The first-order chi connectivity index (χ1) is 15.5. The molecule has 2 amide bonds. The van der Waals surface area contributed by atoms with Gasteiger partial charge in [-0.3, -0.25) is 9.59 Å². The van der Waals surface area contributed by atoms with Gasteiger partial charge in [-0.1, -0.05) is 24.3 Å². The third-order valence-corrected chi connectivity index (χ3v) is 6.01. The van der Waals surface area contributed by atoms with Gasteiger partial charge in [0, 0.05) is 41.4 Å². The van der Waals surface area contributed by atoms with Gasteiger partial charge in [-0.25, -0.2) is 0 Å². The summed E-state index contributed by atoms with van der Waals surface area (Å²) in [5, 5.41) is 13.4.